The highest BCUT2D eigenvalue weighted by Crippen LogP contribution is 2.30. The maximum Gasteiger partial charge on any atom is 0.250 e. The van der Waals surface area contributed by atoms with Crippen LogP contribution in [0.4, 0.5) is 8.78 Å². The number of carbonyl (C=O) groups excluding carboxylic acids is 1. The van der Waals surface area contributed by atoms with Crippen LogP contribution in [-0.4, -0.2) is 70.2 Å². The van der Waals surface area contributed by atoms with Gasteiger partial charge < -0.3 is 20.0 Å². The van der Waals surface area contributed by atoms with E-state index in [0.29, 0.717) is 58.4 Å². The summed E-state index contributed by atoms with van der Waals surface area (Å²) in [4.78, 5) is 16.4. The maximum atomic E-state index is 13.3. The molecule has 1 atom stereocenters. The first-order valence-corrected chi connectivity index (χ1v) is 10.1. The third-order valence-electron chi connectivity index (χ3n) is 5.94. The van der Waals surface area contributed by atoms with Crippen LogP contribution in [-0.2, 0) is 17.8 Å². The SMILES string of the molecule is O=C(Cc1ccc(CO)cc1)N1CCCC(O)(CN2CCC(F)(F)CC2)CC1. The van der Waals surface area contributed by atoms with Crippen molar-refractivity contribution in [3.63, 3.8) is 0 Å². The van der Waals surface area contributed by atoms with Crippen molar-refractivity contribution in [1.29, 1.82) is 0 Å². The second-order valence-electron chi connectivity index (χ2n) is 8.24. The van der Waals surface area contributed by atoms with E-state index in [9.17, 15) is 18.7 Å². The number of alkyl halides is 2. The second kappa shape index (κ2) is 8.84. The lowest BCUT2D eigenvalue weighted by molar-refractivity contribution is -0.130. The van der Waals surface area contributed by atoms with Gasteiger partial charge >= 0.3 is 0 Å². The molecule has 0 spiro atoms. The number of aliphatic hydroxyl groups is 2. The van der Waals surface area contributed by atoms with E-state index in [-0.39, 0.29) is 25.4 Å². The average molecular weight is 396 g/mol. The van der Waals surface area contributed by atoms with Crippen LogP contribution in [0.3, 0.4) is 0 Å². The van der Waals surface area contributed by atoms with Gasteiger partial charge in [0.1, 0.15) is 0 Å². The number of carbonyl (C=O) groups is 1. The van der Waals surface area contributed by atoms with Gasteiger partial charge in [-0.2, -0.15) is 0 Å². The van der Waals surface area contributed by atoms with Crippen molar-refractivity contribution in [2.45, 2.75) is 56.7 Å². The number of nitrogens with zero attached hydrogens (tertiary/aromatic N) is 2. The molecular formula is C21H30F2N2O3. The number of rotatable bonds is 5. The Labute approximate surface area is 164 Å². The number of hydrogen-bond donors (Lipinski definition) is 2. The number of halogens is 2. The summed E-state index contributed by atoms with van der Waals surface area (Å²) < 4.78 is 26.7. The number of hydrogen-bond acceptors (Lipinski definition) is 4. The molecule has 2 fully saturated rings. The van der Waals surface area contributed by atoms with Gasteiger partial charge in [-0.25, -0.2) is 8.78 Å². The number of benzene rings is 1. The van der Waals surface area contributed by atoms with Crippen molar-refractivity contribution in [2.24, 2.45) is 0 Å². The summed E-state index contributed by atoms with van der Waals surface area (Å²) in [5.41, 5.74) is 0.784. The summed E-state index contributed by atoms with van der Waals surface area (Å²) >= 11 is 0. The summed E-state index contributed by atoms with van der Waals surface area (Å²) in [6.07, 6.45) is 1.75. The topological polar surface area (TPSA) is 64.0 Å². The summed E-state index contributed by atoms with van der Waals surface area (Å²) in [5, 5.41) is 20.1. The molecule has 1 aromatic carbocycles. The first kappa shape index (κ1) is 21.1. The highest BCUT2D eigenvalue weighted by molar-refractivity contribution is 5.78. The molecule has 28 heavy (non-hydrogen) atoms. The quantitative estimate of drug-likeness (QED) is 0.801. The zero-order valence-corrected chi connectivity index (χ0v) is 16.2. The smallest absolute Gasteiger partial charge is 0.250 e. The van der Waals surface area contributed by atoms with Gasteiger partial charge in [0.2, 0.25) is 5.91 Å². The Balaban J connectivity index is 1.51. The largest absolute Gasteiger partial charge is 0.392 e. The van der Waals surface area contributed by atoms with E-state index < -0.39 is 11.5 Å². The Kier molecular flexibility index (Phi) is 6.68. The van der Waals surface area contributed by atoms with E-state index in [4.69, 9.17) is 5.11 Å². The molecular weight excluding hydrogens is 366 g/mol. The molecule has 0 aromatic heterocycles. The zero-order valence-electron chi connectivity index (χ0n) is 16.2. The standard InChI is InChI=1S/C21H30F2N2O3/c22-21(23)8-11-24(12-9-21)16-20(28)6-1-10-25(13-7-20)19(27)14-17-2-4-18(15-26)5-3-17/h2-5,26,28H,1,6-16H2. The van der Waals surface area contributed by atoms with Crippen molar-refractivity contribution < 1.29 is 23.8 Å². The van der Waals surface area contributed by atoms with Crippen molar-refractivity contribution in [2.75, 3.05) is 32.7 Å². The van der Waals surface area contributed by atoms with E-state index in [1.807, 2.05) is 29.2 Å². The number of amides is 1. The molecule has 156 valence electrons. The van der Waals surface area contributed by atoms with E-state index >= 15 is 0 Å². The van der Waals surface area contributed by atoms with Gasteiger partial charge in [0.15, 0.2) is 0 Å². The molecule has 1 aromatic rings. The molecule has 2 aliphatic rings. The molecule has 3 rings (SSSR count). The van der Waals surface area contributed by atoms with Gasteiger partial charge in [-0.1, -0.05) is 24.3 Å². The van der Waals surface area contributed by atoms with Gasteiger partial charge in [0.05, 0.1) is 18.6 Å². The number of piperidine rings is 1. The predicted octanol–water partition coefficient (Wildman–Crippen LogP) is 2.20. The lowest BCUT2D eigenvalue weighted by Gasteiger charge is -2.37. The Morgan fingerprint density at radius 2 is 1.61 bits per heavy atom. The van der Waals surface area contributed by atoms with Crippen molar-refractivity contribution in [1.82, 2.24) is 9.80 Å². The summed E-state index contributed by atoms with van der Waals surface area (Å²) in [6.45, 7) is 2.08. The van der Waals surface area contributed by atoms with Crippen molar-refractivity contribution >= 4 is 5.91 Å². The first-order chi connectivity index (χ1) is 13.3. The Morgan fingerprint density at radius 3 is 2.25 bits per heavy atom. The Hall–Kier alpha value is -1.57. The van der Waals surface area contributed by atoms with Crippen LogP contribution in [0.25, 0.3) is 0 Å². The molecule has 0 saturated carbocycles. The van der Waals surface area contributed by atoms with Crippen molar-refractivity contribution in [3.05, 3.63) is 35.4 Å². The van der Waals surface area contributed by atoms with Gasteiger partial charge in [-0.3, -0.25) is 4.79 Å². The highest BCUT2D eigenvalue weighted by Gasteiger charge is 2.38. The Morgan fingerprint density at radius 1 is 0.964 bits per heavy atom. The van der Waals surface area contributed by atoms with Crippen LogP contribution in [0.1, 0.15) is 43.2 Å². The van der Waals surface area contributed by atoms with Gasteiger partial charge in [0.25, 0.3) is 5.92 Å². The summed E-state index contributed by atoms with van der Waals surface area (Å²) in [7, 11) is 0. The molecule has 7 heteroatoms. The molecule has 2 heterocycles. The highest BCUT2D eigenvalue weighted by atomic mass is 19.3. The monoisotopic (exact) mass is 396 g/mol. The molecule has 2 saturated heterocycles. The van der Waals surface area contributed by atoms with E-state index in [1.165, 1.54) is 0 Å². The molecule has 2 aliphatic heterocycles. The fraction of sp³-hybridized carbons (Fsp3) is 0.667. The van der Waals surface area contributed by atoms with E-state index in [1.54, 1.807) is 4.90 Å². The van der Waals surface area contributed by atoms with Crippen LogP contribution in [0.2, 0.25) is 0 Å². The minimum atomic E-state index is -2.58. The zero-order chi connectivity index (χ0) is 20.2. The van der Waals surface area contributed by atoms with Gasteiger partial charge in [-0.15, -0.1) is 0 Å². The molecule has 0 radical (unpaired) electrons. The van der Waals surface area contributed by atoms with E-state index in [0.717, 1.165) is 11.1 Å². The average Bonchev–Trinajstić information content (AvgIpc) is 2.86. The fourth-order valence-electron chi connectivity index (χ4n) is 4.09. The van der Waals surface area contributed by atoms with Crippen LogP contribution in [0, 0.1) is 0 Å². The number of β-amino-alcohol motifs (C(OH)–C–C–N with tert-alkyl or cyclic N) is 1. The van der Waals surface area contributed by atoms with Crippen molar-refractivity contribution in [3.8, 4) is 0 Å². The summed E-state index contributed by atoms with van der Waals surface area (Å²) in [6, 6.07) is 7.32. The van der Waals surface area contributed by atoms with Gasteiger partial charge in [-0.05, 0) is 30.4 Å². The molecule has 2 N–H and O–H groups in total. The minimum Gasteiger partial charge on any atom is -0.392 e. The lowest BCUT2D eigenvalue weighted by atomic mass is 9.93. The molecule has 1 unspecified atom stereocenters. The van der Waals surface area contributed by atoms with Crippen LogP contribution < -0.4 is 0 Å². The molecule has 1 amide bonds. The normalized spacial score (nSPS) is 26.1. The minimum absolute atomic E-state index is 0.0202. The van der Waals surface area contributed by atoms with Crippen LogP contribution in [0.5, 0.6) is 0 Å². The van der Waals surface area contributed by atoms with E-state index in [2.05, 4.69) is 0 Å². The Bertz CT molecular complexity index is 658. The number of likely N-dealkylation sites (tertiary alicyclic amines) is 2. The fourth-order valence-corrected chi connectivity index (χ4v) is 4.09. The van der Waals surface area contributed by atoms with Crippen LogP contribution >= 0.6 is 0 Å². The summed E-state index contributed by atoms with van der Waals surface area (Å²) in [5.74, 6) is -2.56. The third kappa shape index (κ3) is 5.72. The lowest BCUT2D eigenvalue weighted by Crippen LogP contribution is -2.48. The van der Waals surface area contributed by atoms with Crippen LogP contribution in [0.15, 0.2) is 24.3 Å². The molecule has 5 nitrogen and oxygen atoms in total. The third-order valence-corrected chi connectivity index (χ3v) is 5.94. The first-order valence-electron chi connectivity index (χ1n) is 10.1. The second-order valence-corrected chi connectivity index (χ2v) is 8.24. The van der Waals surface area contributed by atoms with Gasteiger partial charge in [0, 0.05) is 45.6 Å². The molecule has 0 aliphatic carbocycles. The maximum absolute atomic E-state index is 13.3. The number of aliphatic hydroxyl groups excluding tert-OH is 1. The molecule has 0 bridgehead atoms. The predicted molar refractivity (Wildman–Crippen MR) is 102 cm³/mol.